The van der Waals surface area contributed by atoms with E-state index in [1.165, 1.54) is 10.8 Å². The van der Waals surface area contributed by atoms with Gasteiger partial charge in [-0.25, -0.2) is 4.98 Å². The third-order valence-electron chi connectivity index (χ3n) is 3.53. The van der Waals surface area contributed by atoms with Crippen LogP contribution >= 0.6 is 0 Å². The van der Waals surface area contributed by atoms with E-state index in [0.29, 0.717) is 6.61 Å². The van der Waals surface area contributed by atoms with Crippen LogP contribution in [0.15, 0.2) is 66.7 Å². The van der Waals surface area contributed by atoms with Gasteiger partial charge in [0.1, 0.15) is 18.2 Å². The number of imidazole rings is 1. The summed E-state index contributed by atoms with van der Waals surface area (Å²) < 4.78 is 5.84. The third kappa shape index (κ3) is 2.34. The number of aromatic nitrogens is 2. The Morgan fingerprint density at radius 2 is 1.67 bits per heavy atom. The molecule has 21 heavy (non-hydrogen) atoms. The highest BCUT2D eigenvalue weighted by atomic mass is 16.5. The molecular weight excluding hydrogens is 260 g/mol. The van der Waals surface area contributed by atoms with Crippen LogP contribution in [-0.2, 0) is 6.61 Å². The average Bonchev–Trinajstić information content (AvgIpc) is 2.95. The summed E-state index contributed by atoms with van der Waals surface area (Å²) in [6.07, 6.45) is 0. The Bertz CT molecular complexity index is 878. The lowest BCUT2D eigenvalue weighted by Gasteiger charge is -2.05. The van der Waals surface area contributed by atoms with Crippen molar-refractivity contribution in [2.24, 2.45) is 0 Å². The van der Waals surface area contributed by atoms with Crippen LogP contribution in [-0.4, -0.2) is 9.97 Å². The zero-order valence-electron chi connectivity index (χ0n) is 11.4. The highest BCUT2D eigenvalue weighted by Crippen LogP contribution is 2.21. The number of hydrogen-bond donors (Lipinski definition) is 1. The summed E-state index contributed by atoms with van der Waals surface area (Å²) in [5.74, 6) is 1.69. The van der Waals surface area contributed by atoms with Crippen molar-refractivity contribution in [2.45, 2.75) is 6.61 Å². The van der Waals surface area contributed by atoms with Crippen molar-refractivity contribution in [1.29, 1.82) is 0 Å². The Morgan fingerprint density at radius 1 is 0.857 bits per heavy atom. The summed E-state index contributed by atoms with van der Waals surface area (Å²) >= 11 is 0. The number of rotatable bonds is 3. The number of nitrogens with zero attached hydrogens (tertiary/aromatic N) is 1. The highest BCUT2D eigenvalue weighted by Gasteiger charge is 2.03. The molecule has 0 bridgehead atoms. The summed E-state index contributed by atoms with van der Waals surface area (Å²) in [5.41, 5.74) is 2.00. The number of nitrogens with one attached hydrogen (secondary N) is 1. The Morgan fingerprint density at radius 3 is 2.57 bits per heavy atom. The molecule has 1 heterocycles. The van der Waals surface area contributed by atoms with Crippen LogP contribution in [0.3, 0.4) is 0 Å². The van der Waals surface area contributed by atoms with Crippen LogP contribution in [0.1, 0.15) is 5.82 Å². The van der Waals surface area contributed by atoms with Gasteiger partial charge in [-0.2, -0.15) is 0 Å². The van der Waals surface area contributed by atoms with E-state index in [1.54, 1.807) is 0 Å². The van der Waals surface area contributed by atoms with Gasteiger partial charge in [0, 0.05) is 0 Å². The first kappa shape index (κ1) is 12.0. The lowest BCUT2D eigenvalue weighted by Crippen LogP contribution is -1.97. The summed E-state index contributed by atoms with van der Waals surface area (Å²) in [7, 11) is 0. The molecule has 1 N–H and O–H groups in total. The van der Waals surface area contributed by atoms with E-state index in [2.05, 4.69) is 34.2 Å². The van der Waals surface area contributed by atoms with E-state index in [4.69, 9.17) is 4.74 Å². The fraction of sp³-hybridized carbons (Fsp3) is 0.0556. The second-order valence-corrected chi connectivity index (χ2v) is 5.00. The average molecular weight is 274 g/mol. The number of ether oxygens (including phenoxy) is 1. The Hall–Kier alpha value is -2.81. The molecule has 102 valence electrons. The number of para-hydroxylation sites is 2. The first-order valence-electron chi connectivity index (χ1n) is 6.94. The van der Waals surface area contributed by atoms with Gasteiger partial charge < -0.3 is 9.72 Å². The van der Waals surface area contributed by atoms with E-state index in [1.807, 2.05) is 42.5 Å². The van der Waals surface area contributed by atoms with E-state index >= 15 is 0 Å². The first-order valence-corrected chi connectivity index (χ1v) is 6.94. The number of benzene rings is 3. The molecule has 0 aliphatic rings. The maximum absolute atomic E-state index is 5.84. The van der Waals surface area contributed by atoms with E-state index in [9.17, 15) is 0 Å². The van der Waals surface area contributed by atoms with Crippen molar-refractivity contribution in [1.82, 2.24) is 9.97 Å². The lowest BCUT2D eigenvalue weighted by molar-refractivity contribution is 0.298. The van der Waals surface area contributed by atoms with E-state index in [0.717, 1.165) is 22.6 Å². The fourth-order valence-corrected chi connectivity index (χ4v) is 2.48. The maximum atomic E-state index is 5.84. The molecule has 4 rings (SSSR count). The van der Waals surface area contributed by atoms with Crippen molar-refractivity contribution in [3.05, 3.63) is 72.6 Å². The van der Waals surface area contributed by atoms with Gasteiger partial charge in [0.25, 0.3) is 0 Å². The van der Waals surface area contributed by atoms with Crippen molar-refractivity contribution in [3.63, 3.8) is 0 Å². The molecule has 0 spiro atoms. The Labute approximate surface area is 122 Å². The molecular formula is C18H14N2O. The molecule has 3 aromatic carbocycles. The molecule has 3 nitrogen and oxygen atoms in total. The smallest absolute Gasteiger partial charge is 0.146 e. The van der Waals surface area contributed by atoms with Crippen molar-refractivity contribution < 1.29 is 4.74 Å². The molecule has 3 heteroatoms. The second kappa shape index (κ2) is 4.94. The molecule has 0 aliphatic carbocycles. The van der Waals surface area contributed by atoms with Crippen LogP contribution in [0.2, 0.25) is 0 Å². The molecule has 0 atom stereocenters. The molecule has 0 aliphatic heterocycles. The zero-order chi connectivity index (χ0) is 14.1. The topological polar surface area (TPSA) is 37.9 Å². The molecule has 1 aromatic heterocycles. The molecule has 0 saturated heterocycles. The van der Waals surface area contributed by atoms with Crippen LogP contribution in [0, 0.1) is 0 Å². The number of fused-ring (bicyclic) bond motifs is 2. The van der Waals surface area contributed by atoms with Crippen LogP contribution in [0.25, 0.3) is 21.8 Å². The van der Waals surface area contributed by atoms with Gasteiger partial charge in [0.2, 0.25) is 0 Å². The molecule has 0 radical (unpaired) electrons. The lowest BCUT2D eigenvalue weighted by atomic mass is 10.1. The monoisotopic (exact) mass is 274 g/mol. The normalized spacial score (nSPS) is 11.0. The molecule has 0 saturated carbocycles. The predicted molar refractivity (Wildman–Crippen MR) is 84.4 cm³/mol. The highest BCUT2D eigenvalue weighted by molar-refractivity contribution is 5.83. The Kier molecular flexibility index (Phi) is 2.82. The minimum atomic E-state index is 0.438. The predicted octanol–water partition coefficient (Wildman–Crippen LogP) is 4.30. The van der Waals surface area contributed by atoms with Crippen molar-refractivity contribution >= 4 is 21.8 Å². The first-order chi connectivity index (χ1) is 10.4. The van der Waals surface area contributed by atoms with Gasteiger partial charge in [0.05, 0.1) is 11.0 Å². The van der Waals surface area contributed by atoms with Crippen LogP contribution in [0.5, 0.6) is 5.75 Å². The fourth-order valence-electron chi connectivity index (χ4n) is 2.48. The number of H-pyrrole nitrogens is 1. The SMILES string of the molecule is c1ccc2cc(OCc3nc4ccccc4[nH]3)ccc2c1. The van der Waals surface area contributed by atoms with Gasteiger partial charge in [-0.05, 0) is 35.0 Å². The molecule has 0 amide bonds. The number of hydrogen-bond acceptors (Lipinski definition) is 2. The van der Waals surface area contributed by atoms with Gasteiger partial charge in [0.15, 0.2) is 0 Å². The minimum Gasteiger partial charge on any atom is -0.486 e. The summed E-state index contributed by atoms with van der Waals surface area (Å²) in [6.45, 7) is 0.438. The minimum absolute atomic E-state index is 0.438. The summed E-state index contributed by atoms with van der Waals surface area (Å²) in [6, 6.07) is 22.4. The van der Waals surface area contributed by atoms with Gasteiger partial charge in [-0.1, -0.05) is 42.5 Å². The third-order valence-corrected chi connectivity index (χ3v) is 3.53. The van der Waals surface area contributed by atoms with E-state index in [-0.39, 0.29) is 0 Å². The second-order valence-electron chi connectivity index (χ2n) is 5.00. The summed E-state index contributed by atoms with van der Waals surface area (Å²) in [4.78, 5) is 7.78. The van der Waals surface area contributed by atoms with Gasteiger partial charge >= 0.3 is 0 Å². The Balaban J connectivity index is 1.57. The number of aromatic amines is 1. The quantitative estimate of drug-likeness (QED) is 0.605. The zero-order valence-corrected chi connectivity index (χ0v) is 11.4. The molecule has 0 unspecified atom stereocenters. The van der Waals surface area contributed by atoms with Gasteiger partial charge in [-0.3, -0.25) is 0 Å². The maximum Gasteiger partial charge on any atom is 0.146 e. The molecule has 4 aromatic rings. The van der Waals surface area contributed by atoms with E-state index < -0.39 is 0 Å². The van der Waals surface area contributed by atoms with Crippen molar-refractivity contribution in [2.75, 3.05) is 0 Å². The molecule has 0 fully saturated rings. The largest absolute Gasteiger partial charge is 0.486 e. The van der Waals surface area contributed by atoms with Crippen LogP contribution < -0.4 is 4.74 Å². The van der Waals surface area contributed by atoms with Crippen LogP contribution in [0.4, 0.5) is 0 Å². The summed E-state index contributed by atoms with van der Waals surface area (Å²) in [5, 5.41) is 2.40. The van der Waals surface area contributed by atoms with Gasteiger partial charge in [-0.15, -0.1) is 0 Å². The van der Waals surface area contributed by atoms with Crippen molar-refractivity contribution in [3.8, 4) is 5.75 Å². The standard InChI is InChI=1S/C18H14N2O/c1-2-6-14-11-15(10-9-13(14)5-1)21-12-18-19-16-7-3-4-8-17(16)20-18/h1-11H,12H2,(H,19,20).